The third-order valence-electron chi connectivity index (χ3n) is 5.76. The second kappa shape index (κ2) is 11.0. The molecule has 0 aliphatic carbocycles. The zero-order valence-corrected chi connectivity index (χ0v) is 20.7. The lowest BCUT2D eigenvalue weighted by atomic mass is 10.2. The van der Waals surface area contributed by atoms with E-state index in [4.69, 9.17) is 0 Å². The van der Waals surface area contributed by atoms with E-state index in [0.717, 1.165) is 32.1 Å². The van der Waals surface area contributed by atoms with Crippen molar-refractivity contribution in [1.29, 1.82) is 0 Å². The molecule has 2 N–H and O–H groups in total. The van der Waals surface area contributed by atoms with Gasteiger partial charge in [0, 0.05) is 62.1 Å². The molecule has 0 bridgehead atoms. The van der Waals surface area contributed by atoms with Crippen LogP contribution in [0.15, 0.2) is 48.8 Å². The molecule has 4 rings (SSSR count). The van der Waals surface area contributed by atoms with E-state index in [9.17, 15) is 18.0 Å². The van der Waals surface area contributed by atoms with Crippen molar-refractivity contribution < 1.29 is 18.0 Å². The normalized spacial score (nSPS) is 13.5. The van der Waals surface area contributed by atoms with Crippen molar-refractivity contribution in [2.45, 2.75) is 25.6 Å². The summed E-state index contributed by atoms with van der Waals surface area (Å²) < 4.78 is 42.8. The fourth-order valence-corrected chi connectivity index (χ4v) is 4.17. The van der Waals surface area contributed by atoms with E-state index < -0.39 is 11.7 Å². The molecule has 0 atom stereocenters. The number of aromatic nitrogens is 3. The van der Waals surface area contributed by atoms with Crippen molar-refractivity contribution in [2.75, 3.05) is 41.3 Å². The summed E-state index contributed by atoms with van der Waals surface area (Å²) >= 11 is 1.44. The number of rotatable bonds is 8. The maximum atomic E-state index is 13.6. The minimum absolute atomic E-state index is 0.00300. The third-order valence-corrected chi connectivity index (χ3v) is 6.48. The molecule has 190 valence electrons. The number of benzene rings is 1. The minimum Gasteiger partial charge on any atom is -0.365 e. The Morgan fingerprint density at radius 1 is 1.14 bits per heavy atom. The first-order valence-electron chi connectivity index (χ1n) is 11.3. The lowest BCUT2D eigenvalue weighted by Gasteiger charge is -2.19. The minimum atomic E-state index is -4.63. The fourth-order valence-electron chi connectivity index (χ4n) is 3.83. The lowest BCUT2D eigenvalue weighted by molar-refractivity contribution is -0.137. The summed E-state index contributed by atoms with van der Waals surface area (Å²) in [6.45, 7) is 1.59. The molecule has 0 radical (unpaired) electrons. The van der Waals surface area contributed by atoms with Crippen molar-refractivity contribution in [3.63, 3.8) is 0 Å². The summed E-state index contributed by atoms with van der Waals surface area (Å²) in [4.78, 5) is 26.6. The molecule has 1 fully saturated rings. The highest BCUT2D eigenvalue weighted by Gasteiger charge is 2.35. The van der Waals surface area contributed by atoms with Gasteiger partial charge in [0.1, 0.15) is 17.2 Å². The molecular weight excluding hydrogens is 491 g/mol. The quantitative estimate of drug-likeness (QED) is 0.395. The zero-order valence-electron chi connectivity index (χ0n) is 19.8. The average molecular weight is 518 g/mol. The van der Waals surface area contributed by atoms with Crippen molar-refractivity contribution >= 4 is 41.1 Å². The summed E-state index contributed by atoms with van der Waals surface area (Å²) in [6.07, 6.45) is 1.63. The first-order valence-corrected chi connectivity index (χ1v) is 12.5. The Balaban J connectivity index is 1.52. The van der Waals surface area contributed by atoms with Crippen molar-refractivity contribution in [1.82, 2.24) is 19.9 Å². The molecule has 0 spiro atoms. The summed E-state index contributed by atoms with van der Waals surface area (Å²) in [6, 6.07) is 10.2. The molecule has 36 heavy (non-hydrogen) atoms. The molecule has 8 nitrogen and oxygen atoms in total. The zero-order chi connectivity index (χ0) is 25.7. The van der Waals surface area contributed by atoms with E-state index in [1.54, 1.807) is 42.6 Å². The van der Waals surface area contributed by atoms with Crippen molar-refractivity contribution in [3.8, 4) is 0 Å². The van der Waals surface area contributed by atoms with Gasteiger partial charge in [0.25, 0.3) is 5.91 Å². The number of nitrogens with one attached hydrogen (secondary N) is 2. The fraction of sp³-hybridized carbons (Fsp3) is 0.333. The van der Waals surface area contributed by atoms with Gasteiger partial charge in [-0.3, -0.25) is 4.79 Å². The summed E-state index contributed by atoms with van der Waals surface area (Å²) in [5, 5.41) is 5.72. The van der Waals surface area contributed by atoms with Gasteiger partial charge in [0.05, 0.1) is 0 Å². The number of pyridine rings is 1. The van der Waals surface area contributed by atoms with E-state index in [1.807, 2.05) is 22.5 Å². The molecule has 1 aromatic carbocycles. The van der Waals surface area contributed by atoms with Gasteiger partial charge < -0.3 is 19.8 Å². The Hall–Kier alpha value is -3.54. The number of halogens is 3. The first kappa shape index (κ1) is 25.5. The van der Waals surface area contributed by atoms with Gasteiger partial charge in [-0.15, -0.1) is 0 Å². The van der Waals surface area contributed by atoms with Crippen molar-refractivity contribution in [2.24, 2.45) is 0 Å². The predicted octanol–water partition coefficient (Wildman–Crippen LogP) is 5.20. The summed E-state index contributed by atoms with van der Waals surface area (Å²) in [5.41, 5.74) is 0.854. The van der Waals surface area contributed by atoms with Gasteiger partial charge in [-0.25, -0.2) is 9.97 Å². The summed E-state index contributed by atoms with van der Waals surface area (Å²) in [5.74, 6) is 0.263. The predicted molar refractivity (Wildman–Crippen MR) is 135 cm³/mol. The number of alkyl halides is 3. The number of carbonyl (C=O) groups is 1. The van der Waals surface area contributed by atoms with Crippen LogP contribution in [0.1, 0.15) is 34.3 Å². The van der Waals surface area contributed by atoms with E-state index in [0.29, 0.717) is 22.6 Å². The van der Waals surface area contributed by atoms with E-state index >= 15 is 0 Å². The Morgan fingerprint density at radius 2 is 1.86 bits per heavy atom. The molecule has 3 aromatic rings. The van der Waals surface area contributed by atoms with Gasteiger partial charge in [0.2, 0.25) is 5.95 Å². The van der Waals surface area contributed by atoms with Crippen LogP contribution in [0.5, 0.6) is 0 Å². The highest BCUT2D eigenvalue weighted by molar-refractivity contribution is 7.99. The van der Waals surface area contributed by atoms with Crippen LogP contribution in [0.4, 0.5) is 36.4 Å². The first-order chi connectivity index (χ1) is 17.3. The molecule has 0 unspecified atom stereocenters. The van der Waals surface area contributed by atoms with Crippen LogP contribution >= 0.6 is 11.9 Å². The van der Waals surface area contributed by atoms with Crippen LogP contribution in [0.3, 0.4) is 0 Å². The van der Waals surface area contributed by atoms with E-state index in [-0.39, 0.29) is 24.2 Å². The Morgan fingerprint density at radius 3 is 2.53 bits per heavy atom. The second-order valence-corrected chi connectivity index (χ2v) is 9.09. The largest absolute Gasteiger partial charge is 0.421 e. The molecule has 1 amide bonds. The van der Waals surface area contributed by atoms with Crippen LogP contribution in [-0.2, 0) is 12.7 Å². The van der Waals surface area contributed by atoms with Gasteiger partial charge in [0.15, 0.2) is 0 Å². The molecule has 3 heterocycles. The topological polar surface area (TPSA) is 86.3 Å². The molecule has 1 aliphatic rings. The number of carbonyl (C=O) groups excluding carboxylic acids is 1. The lowest BCUT2D eigenvalue weighted by Crippen LogP contribution is -2.27. The SMILES string of the molecule is CSN(C)c1ncccc1CNc1nc(Nc2ccc(C(=O)N3CCCC3)cc2)ncc1C(F)(F)F. The van der Waals surface area contributed by atoms with Gasteiger partial charge >= 0.3 is 6.18 Å². The number of anilines is 4. The van der Waals surface area contributed by atoms with Crippen LogP contribution in [0, 0.1) is 0 Å². The Bertz CT molecular complexity index is 1200. The maximum absolute atomic E-state index is 13.6. The highest BCUT2D eigenvalue weighted by atomic mass is 32.2. The van der Waals surface area contributed by atoms with Gasteiger partial charge in [-0.05, 0) is 43.2 Å². The molecule has 2 aromatic heterocycles. The molecule has 12 heteroatoms. The van der Waals surface area contributed by atoms with E-state index in [1.165, 1.54) is 11.9 Å². The molecule has 0 saturated carbocycles. The van der Waals surface area contributed by atoms with Gasteiger partial charge in [-0.1, -0.05) is 18.0 Å². The monoisotopic (exact) mass is 517 g/mol. The number of hydrogen-bond donors (Lipinski definition) is 2. The standard InChI is InChI=1S/C24H26F3N7OS/c1-33(36-2)21-17(6-5-11-28-21)14-29-20-19(24(25,26)27)15-30-23(32-20)31-18-9-7-16(8-10-18)22(35)34-12-3-4-13-34/h5-11,15H,3-4,12-14H2,1-2H3,(H2,29,30,31,32). The number of nitrogens with zero attached hydrogens (tertiary/aromatic N) is 5. The summed E-state index contributed by atoms with van der Waals surface area (Å²) in [7, 11) is 1.83. The smallest absolute Gasteiger partial charge is 0.365 e. The maximum Gasteiger partial charge on any atom is 0.421 e. The molecule has 1 saturated heterocycles. The highest BCUT2D eigenvalue weighted by Crippen LogP contribution is 2.34. The van der Waals surface area contributed by atoms with Crippen LogP contribution in [0.2, 0.25) is 0 Å². The third kappa shape index (κ3) is 5.99. The Kier molecular flexibility index (Phi) is 7.82. The van der Waals surface area contributed by atoms with Gasteiger partial charge in [-0.2, -0.15) is 18.2 Å². The molecule has 1 aliphatic heterocycles. The molecular formula is C24H26F3N7OS. The Labute approximate surface area is 211 Å². The van der Waals surface area contributed by atoms with Crippen molar-refractivity contribution in [3.05, 3.63) is 65.5 Å². The van der Waals surface area contributed by atoms with E-state index in [2.05, 4.69) is 25.6 Å². The van der Waals surface area contributed by atoms with Crippen LogP contribution in [0.25, 0.3) is 0 Å². The van der Waals surface area contributed by atoms with Crippen LogP contribution in [-0.4, -0.2) is 52.2 Å². The number of hydrogen-bond acceptors (Lipinski definition) is 8. The number of amides is 1. The number of likely N-dealkylation sites (tertiary alicyclic amines) is 1. The van der Waals surface area contributed by atoms with Crippen LogP contribution < -0.4 is 14.9 Å². The second-order valence-electron chi connectivity index (χ2n) is 8.18. The average Bonchev–Trinajstić information content (AvgIpc) is 3.42.